The van der Waals surface area contributed by atoms with E-state index in [0.717, 1.165) is 22.2 Å². The van der Waals surface area contributed by atoms with Crippen LogP contribution >= 0.6 is 27.5 Å². The largest absolute Gasteiger partial charge is 0.452 e. The van der Waals surface area contributed by atoms with E-state index in [9.17, 15) is 14.0 Å². The molecular weight excluding hydrogens is 389 g/mol. The Labute approximate surface area is 145 Å². The summed E-state index contributed by atoms with van der Waals surface area (Å²) in [4.78, 5) is 23.6. The third-order valence-corrected chi connectivity index (χ3v) is 3.67. The minimum absolute atomic E-state index is 0.202. The molecule has 0 spiro atoms. The zero-order chi connectivity index (χ0) is 17.0. The van der Waals surface area contributed by atoms with Crippen LogP contribution < -0.4 is 5.32 Å². The highest BCUT2D eigenvalue weighted by Crippen LogP contribution is 2.20. The fraction of sp³-hybridized carbons (Fsp3) is 0.125. The number of carbonyl (C=O) groups excluding carboxylic acids is 2. The summed E-state index contributed by atoms with van der Waals surface area (Å²) in [5, 5.41) is 2.82. The second-order valence-corrected chi connectivity index (χ2v) is 6.06. The van der Waals surface area contributed by atoms with E-state index in [-0.39, 0.29) is 10.6 Å². The van der Waals surface area contributed by atoms with Crippen LogP contribution in [0.25, 0.3) is 0 Å². The van der Waals surface area contributed by atoms with Crippen molar-refractivity contribution in [3.05, 3.63) is 62.8 Å². The molecule has 0 aliphatic carbocycles. The molecule has 2 aromatic carbocycles. The van der Waals surface area contributed by atoms with Crippen LogP contribution in [0.1, 0.15) is 15.9 Å². The first-order valence-corrected chi connectivity index (χ1v) is 7.72. The number of benzene rings is 2. The maximum atomic E-state index is 13.5. The average Bonchev–Trinajstić information content (AvgIpc) is 2.50. The standard InChI is InChI=1S/C16H12BrClFNO3/c1-9-6-10(17)2-5-14(9)20-15(21)8-23-16(22)12-7-11(18)3-4-13(12)19/h2-7H,8H2,1H3,(H,20,21). The molecule has 0 unspecified atom stereocenters. The SMILES string of the molecule is Cc1cc(Br)ccc1NC(=O)COC(=O)c1cc(Cl)ccc1F. The van der Waals surface area contributed by atoms with E-state index in [0.29, 0.717) is 5.69 Å². The molecule has 1 amide bonds. The number of amides is 1. The number of rotatable bonds is 4. The first kappa shape index (κ1) is 17.4. The van der Waals surface area contributed by atoms with E-state index in [2.05, 4.69) is 21.2 Å². The molecule has 0 fully saturated rings. The lowest BCUT2D eigenvalue weighted by Gasteiger charge is -2.09. The first-order valence-electron chi connectivity index (χ1n) is 6.55. The minimum Gasteiger partial charge on any atom is -0.452 e. The second-order valence-electron chi connectivity index (χ2n) is 4.71. The van der Waals surface area contributed by atoms with Crippen molar-refractivity contribution in [1.29, 1.82) is 0 Å². The van der Waals surface area contributed by atoms with Gasteiger partial charge in [-0.2, -0.15) is 0 Å². The van der Waals surface area contributed by atoms with Gasteiger partial charge in [0.05, 0.1) is 5.56 Å². The fourth-order valence-electron chi connectivity index (χ4n) is 1.82. The molecule has 1 N–H and O–H groups in total. The molecular formula is C16H12BrClFNO3. The van der Waals surface area contributed by atoms with Gasteiger partial charge in [0.15, 0.2) is 6.61 Å². The Kier molecular flexibility index (Phi) is 5.74. The number of nitrogens with one attached hydrogen (secondary N) is 1. The van der Waals surface area contributed by atoms with Crippen molar-refractivity contribution in [3.8, 4) is 0 Å². The summed E-state index contributed by atoms with van der Waals surface area (Å²) in [5.41, 5.74) is 1.13. The number of hydrogen-bond acceptors (Lipinski definition) is 3. The lowest BCUT2D eigenvalue weighted by molar-refractivity contribution is -0.119. The lowest BCUT2D eigenvalue weighted by atomic mass is 10.2. The summed E-state index contributed by atoms with van der Waals surface area (Å²) in [6.07, 6.45) is 0. The smallest absolute Gasteiger partial charge is 0.341 e. The van der Waals surface area contributed by atoms with Gasteiger partial charge in [0.25, 0.3) is 5.91 Å². The van der Waals surface area contributed by atoms with Gasteiger partial charge in [0.2, 0.25) is 0 Å². The highest BCUT2D eigenvalue weighted by atomic mass is 79.9. The lowest BCUT2D eigenvalue weighted by Crippen LogP contribution is -2.21. The van der Waals surface area contributed by atoms with E-state index < -0.39 is 24.3 Å². The van der Waals surface area contributed by atoms with Crippen molar-refractivity contribution in [1.82, 2.24) is 0 Å². The fourth-order valence-corrected chi connectivity index (χ4v) is 2.46. The van der Waals surface area contributed by atoms with Gasteiger partial charge in [-0.05, 0) is 48.9 Å². The molecule has 0 saturated heterocycles. The number of ether oxygens (including phenoxy) is 1. The van der Waals surface area contributed by atoms with Crippen LogP contribution in [0.2, 0.25) is 5.02 Å². The Bertz CT molecular complexity index is 767. The quantitative estimate of drug-likeness (QED) is 0.777. The van der Waals surface area contributed by atoms with E-state index in [1.807, 2.05) is 13.0 Å². The number of aryl methyl sites for hydroxylation is 1. The van der Waals surface area contributed by atoms with Gasteiger partial charge in [-0.3, -0.25) is 4.79 Å². The highest BCUT2D eigenvalue weighted by molar-refractivity contribution is 9.10. The van der Waals surface area contributed by atoms with Crippen molar-refractivity contribution in [3.63, 3.8) is 0 Å². The van der Waals surface area contributed by atoms with E-state index in [4.69, 9.17) is 16.3 Å². The minimum atomic E-state index is -0.951. The van der Waals surface area contributed by atoms with Crippen LogP contribution in [-0.2, 0) is 9.53 Å². The van der Waals surface area contributed by atoms with Crippen LogP contribution in [-0.4, -0.2) is 18.5 Å². The van der Waals surface area contributed by atoms with Gasteiger partial charge in [-0.15, -0.1) is 0 Å². The zero-order valence-electron chi connectivity index (χ0n) is 12.0. The third-order valence-electron chi connectivity index (χ3n) is 2.95. The normalized spacial score (nSPS) is 10.3. The van der Waals surface area contributed by atoms with Gasteiger partial charge in [-0.25, -0.2) is 9.18 Å². The first-order chi connectivity index (χ1) is 10.9. The topological polar surface area (TPSA) is 55.4 Å². The molecule has 0 bridgehead atoms. The molecule has 0 heterocycles. The van der Waals surface area contributed by atoms with Gasteiger partial charge in [0, 0.05) is 15.2 Å². The molecule has 0 aromatic heterocycles. The maximum Gasteiger partial charge on any atom is 0.341 e. The number of carbonyl (C=O) groups is 2. The van der Waals surface area contributed by atoms with Crippen molar-refractivity contribution in [2.24, 2.45) is 0 Å². The molecule has 120 valence electrons. The Balaban J connectivity index is 1.96. The Hall–Kier alpha value is -1.92. The summed E-state index contributed by atoms with van der Waals surface area (Å²) in [6, 6.07) is 8.85. The number of halogens is 3. The molecule has 0 aliphatic heterocycles. The van der Waals surface area contributed by atoms with Gasteiger partial charge in [0.1, 0.15) is 5.82 Å². The maximum absolute atomic E-state index is 13.5. The molecule has 0 saturated carbocycles. The third kappa shape index (κ3) is 4.77. The average molecular weight is 401 g/mol. The molecule has 23 heavy (non-hydrogen) atoms. The number of esters is 1. The van der Waals surface area contributed by atoms with E-state index >= 15 is 0 Å². The van der Waals surface area contributed by atoms with Gasteiger partial charge < -0.3 is 10.1 Å². The predicted octanol–water partition coefficient (Wildman–Crippen LogP) is 4.35. The number of anilines is 1. The van der Waals surface area contributed by atoms with E-state index in [1.165, 1.54) is 6.07 Å². The van der Waals surface area contributed by atoms with Crippen molar-refractivity contribution >= 4 is 45.1 Å². The summed E-state index contributed by atoms with van der Waals surface area (Å²) in [6.45, 7) is 1.30. The van der Waals surface area contributed by atoms with Crippen LogP contribution in [0, 0.1) is 12.7 Å². The second kappa shape index (κ2) is 7.57. The molecule has 0 aliphatic rings. The van der Waals surface area contributed by atoms with Crippen molar-refractivity contribution < 1.29 is 18.7 Å². The van der Waals surface area contributed by atoms with Crippen LogP contribution in [0.5, 0.6) is 0 Å². The molecule has 4 nitrogen and oxygen atoms in total. The number of hydrogen-bond donors (Lipinski definition) is 1. The van der Waals surface area contributed by atoms with Crippen molar-refractivity contribution in [2.75, 3.05) is 11.9 Å². The van der Waals surface area contributed by atoms with E-state index in [1.54, 1.807) is 12.1 Å². The monoisotopic (exact) mass is 399 g/mol. The Morgan fingerprint density at radius 2 is 2.00 bits per heavy atom. The van der Waals surface area contributed by atoms with Crippen molar-refractivity contribution in [2.45, 2.75) is 6.92 Å². The molecule has 2 aromatic rings. The Morgan fingerprint density at radius 3 is 2.70 bits per heavy atom. The van der Waals surface area contributed by atoms with Crippen LogP contribution in [0.15, 0.2) is 40.9 Å². The zero-order valence-corrected chi connectivity index (χ0v) is 14.4. The summed E-state index contributed by atoms with van der Waals surface area (Å²) in [7, 11) is 0. The Morgan fingerprint density at radius 1 is 1.26 bits per heavy atom. The van der Waals surface area contributed by atoms with Crippen LogP contribution in [0.4, 0.5) is 10.1 Å². The summed E-state index contributed by atoms with van der Waals surface area (Å²) >= 11 is 9.03. The van der Waals surface area contributed by atoms with Crippen LogP contribution in [0.3, 0.4) is 0 Å². The summed E-state index contributed by atoms with van der Waals surface area (Å²) < 4.78 is 19.2. The highest BCUT2D eigenvalue weighted by Gasteiger charge is 2.15. The molecule has 0 radical (unpaired) electrons. The molecule has 7 heteroatoms. The van der Waals surface area contributed by atoms with Gasteiger partial charge >= 0.3 is 5.97 Å². The van der Waals surface area contributed by atoms with Gasteiger partial charge in [-0.1, -0.05) is 27.5 Å². The molecule has 0 atom stereocenters. The predicted molar refractivity (Wildman–Crippen MR) is 89.2 cm³/mol. The summed E-state index contributed by atoms with van der Waals surface area (Å²) in [5.74, 6) is -2.23. The molecule has 2 rings (SSSR count).